The van der Waals surface area contributed by atoms with Crippen LogP contribution in [0.25, 0.3) is 0 Å². The molecule has 0 aliphatic rings. The Labute approximate surface area is 127 Å². The fraction of sp³-hybridized carbons (Fsp3) is 0.286. The second-order valence-corrected chi connectivity index (χ2v) is 5.43. The van der Waals surface area contributed by atoms with E-state index in [-0.39, 0.29) is 5.91 Å². The summed E-state index contributed by atoms with van der Waals surface area (Å²) in [6.07, 6.45) is 2.04. The van der Waals surface area contributed by atoms with Crippen LogP contribution in [0.5, 0.6) is 0 Å². The van der Waals surface area contributed by atoms with Crippen molar-refractivity contribution in [2.45, 2.75) is 26.8 Å². The molecule has 1 N–H and O–H groups in total. The van der Waals surface area contributed by atoms with Crippen molar-refractivity contribution in [2.75, 3.05) is 5.32 Å². The van der Waals surface area contributed by atoms with Gasteiger partial charge in [-0.1, -0.05) is 29.3 Å². The number of hydrogen-bond donors (Lipinski definition) is 1. The largest absolute Gasteiger partial charge is 0.326 e. The molecule has 0 spiro atoms. The van der Waals surface area contributed by atoms with Gasteiger partial charge in [0.25, 0.3) is 0 Å². The number of nitrogens with one attached hydrogen (secondary N) is 1. The van der Waals surface area contributed by atoms with E-state index in [1.807, 2.05) is 19.9 Å². The molecule has 0 aliphatic heterocycles. The molecule has 1 heterocycles. The Morgan fingerprint density at radius 1 is 1.35 bits per heavy atom. The fourth-order valence-corrected chi connectivity index (χ4v) is 2.09. The molecule has 4 nitrogen and oxygen atoms in total. The van der Waals surface area contributed by atoms with Crippen LogP contribution in [0.2, 0.25) is 10.0 Å². The predicted octanol–water partition coefficient (Wildman–Crippen LogP) is 3.84. The molecule has 0 unspecified atom stereocenters. The molecule has 2 rings (SSSR count). The van der Waals surface area contributed by atoms with E-state index in [1.54, 1.807) is 23.0 Å². The standard InChI is InChI=1S/C14H15Cl2N3O/c1-9-3-4-11(15)7-13(9)17-14(20)5-6-19-8-12(16)10(2)18-19/h3-4,7-8H,5-6H2,1-2H3,(H,17,20). The lowest BCUT2D eigenvalue weighted by Crippen LogP contribution is -2.15. The summed E-state index contributed by atoms with van der Waals surface area (Å²) in [7, 11) is 0. The number of halogens is 2. The molecule has 1 aromatic heterocycles. The second-order valence-electron chi connectivity index (χ2n) is 4.58. The maximum atomic E-state index is 11.9. The lowest BCUT2D eigenvalue weighted by Gasteiger charge is -2.08. The zero-order chi connectivity index (χ0) is 14.7. The molecule has 20 heavy (non-hydrogen) atoms. The first-order chi connectivity index (χ1) is 9.45. The number of rotatable bonds is 4. The molecule has 0 radical (unpaired) electrons. The average molecular weight is 312 g/mol. The maximum absolute atomic E-state index is 11.9. The minimum atomic E-state index is -0.0837. The minimum absolute atomic E-state index is 0.0837. The summed E-state index contributed by atoms with van der Waals surface area (Å²) in [5, 5.41) is 8.25. The molecule has 0 atom stereocenters. The Morgan fingerprint density at radius 3 is 2.75 bits per heavy atom. The number of aromatic nitrogens is 2. The van der Waals surface area contributed by atoms with E-state index >= 15 is 0 Å². The van der Waals surface area contributed by atoms with Gasteiger partial charge in [0, 0.05) is 29.9 Å². The van der Waals surface area contributed by atoms with E-state index in [1.165, 1.54) is 0 Å². The normalized spacial score (nSPS) is 10.6. The second kappa shape index (κ2) is 6.29. The summed E-state index contributed by atoms with van der Waals surface area (Å²) in [5.74, 6) is -0.0837. The van der Waals surface area contributed by atoms with Crippen molar-refractivity contribution in [3.63, 3.8) is 0 Å². The van der Waals surface area contributed by atoms with Gasteiger partial charge in [-0.2, -0.15) is 5.10 Å². The number of carbonyl (C=O) groups is 1. The van der Waals surface area contributed by atoms with Crippen molar-refractivity contribution in [1.29, 1.82) is 0 Å². The highest BCUT2D eigenvalue weighted by atomic mass is 35.5. The van der Waals surface area contributed by atoms with Crippen molar-refractivity contribution in [3.05, 3.63) is 45.7 Å². The highest BCUT2D eigenvalue weighted by Gasteiger charge is 2.07. The van der Waals surface area contributed by atoms with Crippen LogP contribution in [0, 0.1) is 13.8 Å². The van der Waals surface area contributed by atoms with Crippen molar-refractivity contribution >= 4 is 34.8 Å². The number of benzene rings is 1. The Bertz CT molecular complexity index is 618. The molecule has 6 heteroatoms. The summed E-state index contributed by atoms with van der Waals surface area (Å²) in [4.78, 5) is 11.9. The van der Waals surface area contributed by atoms with Crippen LogP contribution in [-0.2, 0) is 11.3 Å². The van der Waals surface area contributed by atoms with Crippen LogP contribution in [-0.4, -0.2) is 15.7 Å². The lowest BCUT2D eigenvalue weighted by molar-refractivity contribution is -0.116. The molecule has 1 aromatic carbocycles. The third-order valence-electron chi connectivity index (χ3n) is 2.93. The van der Waals surface area contributed by atoms with Gasteiger partial charge in [-0.3, -0.25) is 9.48 Å². The quantitative estimate of drug-likeness (QED) is 0.932. The molecule has 1 amide bonds. The molecular weight excluding hydrogens is 297 g/mol. The predicted molar refractivity (Wildman–Crippen MR) is 81.4 cm³/mol. The number of anilines is 1. The average Bonchev–Trinajstić information content (AvgIpc) is 2.71. The first kappa shape index (κ1) is 14.9. The van der Waals surface area contributed by atoms with Crippen LogP contribution in [0.1, 0.15) is 17.7 Å². The van der Waals surface area contributed by atoms with Crippen molar-refractivity contribution < 1.29 is 4.79 Å². The molecule has 0 fully saturated rings. The smallest absolute Gasteiger partial charge is 0.226 e. The van der Waals surface area contributed by atoms with Gasteiger partial charge in [0.15, 0.2) is 0 Å². The van der Waals surface area contributed by atoms with Gasteiger partial charge in [-0.25, -0.2) is 0 Å². The van der Waals surface area contributed by atoms with Gasteiger partial charge in [-0.15, -0.1) is 0 Å². The summed E-state index contributed by atoms with van der Waals surface area (Å²) in [6, 6.07) is 5.40. The Morgan fingerprint density at radius 2 is 2.10 bits per heavy atom. The minimum Gasteiger partial charge on any atom is -0.326 e. The van der Waals surface area contributed by atoms with Crippen LogP contribution < -0.4 is 5.32 Å². The van der Waals surface area contributed by atoms with E-state index in [0.717, 1.165) is 16.9 Å². The molecule has 106 valence electrons. The zero-order valence-corrected chi connectivity index (χ0v) is 12.8. The van der Waals surface area contributed by atoms with Crippen LogP contribution in [0.3, 0.4) is 0 Å². The number of amides is 1. The topological polar surface area (TPSA) is 46.9 Å². The van der Waals surface area contributed by atoms with Gasteiger partial charge < -0.3 is 5.32 Å². The number of aryl methyl sites for hydroxylation is 3. The molecule has 0 saturated carbocycles. The van der Waals surface area contributed by atoms with Crippen molar-refractivity contribution in [1.82, 2.24) is 9.78 Å². The third-order valence-corrected chi connectivity index (χ3v) is 3.53. The lowest BCUT2D eigenvalue weighted by atomic mass is 10.2. The Balaban J connectivity index is 1.94. The van der Waals surface area contributed by atoms with Gasteiger partial charge in [0.2, 0.25) is 5.91 Å². The fourth-order valence-electron chi connectivity index (χ4n) is 1.77. The Kier molecular flexibility index (Phi) is 4.68. The van der Waals surface area contributed by atoms with Crippen LogP contribution in [0.4, 0.5) is 5.69 Å². The summed E-state index contributed by atoms with van der Waals surface area (Å²) in [5.41, 5.74) is 2.47. The highest BCUT2D eigenvalue weighted by Crippen LogP contribution is 2.20. The van der Waals surface area contributed by atoms with E-state index < -0.39 is 0 Å². The number of carbonyl (C=O) groups excluding carboxylic acids is 1. The zero-order valence-electron chi connectivity index (χ0n) is 11.3. The van der Waals surface area contributed by atoms with E-state index in [0.29, 0.717) is 23.0 Å². The Hall–Kier alpha value is -1.52. The van der Waals surface area contributed by atoms with Gasteiger partial charge in [0.1, 0.15) is 0 Å². The van der Waals surface area contributed by atoms with Crippen molar-refractivity contribution in [2.24, 2.45) is 0 Å². The maximum Gasteiger partial charge on any atom is 0.226 e. The van der Waals surface area contributed by atoms with E-state index in [9.17, 15) is 4.79 Å². The first-order valence-electron chi connectivity index (χ1n) is 6.21. The molecule has 2 aromatic rings. The van der Waals surface area contributed by atoms with Crippen LogP contribution >= 0.6 is 23.2 Å². The SMILES string of the molecule is Cc1ccc(Cl)cc1NC(=O)CCn1cc(Cl)c(C)n1. The van der Waals surface area contributed by atoms with Crippen LogP contribution in [0.15, 0.2) is 24.4 Å². The monoisotopic (exact) mass is 311 g/mol. The molecule has 0 aliphatic carbocycles. The summed E-state index contributed by atoms with van der Waals surface area (Å²) < 4.78 is 1.67. The summed E-state index contributed by atoms with van der Waals surface area (Å²) in [6.45, 7) is 4.23. The summed E-state index contributed by atoms with van der Waals surface area (Å²) >= 11 is 11.8. The van der Waals surface area contributed by atoms with Crippen molar-refractivity contribution in [3.8, 4) is 0 Å². The van der Waals surface area contributed by atoms with Gasteiger partial charge in [-0.05, 0) is 31.5 Å². The van der Waals surface area contributed by atoms with Gasteiger partial charge in [0.05, 0.1) is 10.7 Å². The molecular formula is C14H15Cl2N3O. The third kappa shape index (κ3) is 3.74. The molecule has 0 saturated heterocycles. The van der Waals surface area contributed by atoms with Gasteiger partial charge >= 0.3 is 0 Å². The van der Waals surface area contributed by atoms with E-state index in [2.05, 4.69) is 10.4 Å². The highest BCUT2D eigenvalue weighted by molar-refractivity contribution is 6.31. The molecule has 0 bridgehead atoms. The number of hydrogen-bond acceptors (Lipinski definition) is 2. The number of nitrogens with zero attached hydrogens (tertiary/aromatic N) is 2. The first-order valence-corrected chi connectivity index (χ1v) is 6.97. The van der Waals surface area contributed by atoms with E-state index in [4.69, 9.17) is 23.2 Å².